The van der Waals surface area contributed by atoms with Gasteiger partial charge < -0.3 is 10.2 Å². The number of amides is 2. The highest BCUT2D eigenvalue weighted by atomic mass is 35.5. The summed E-state index contributed by atoms with van der Waals surface area (Å²) in [7, 11) is -3.48. The van der Waals surface area contributed by atoms with E-state index in [1.54, 1.807) is 41.3 Å². The molecule has 0 aromatic heterocycles. The standard InChI is InChI=1S/C23H26ClN3O4S/c24-19-7-5-17(6-8-19)23(29)26-13-3-4-18(16-26)22(28)25-20-9-11-21(12-10-20)32(30,31)27-14-1-2-15-27/h5-12,18H,1-4,13-16H2,(H,25,28). The molecule has 2 amide bonds. The minimum Gasteiger partial charge on any atom is -0.338 e. The summed E-state index contributed by atoms with van der Waals surface area (Å²) in [6.45, 7) is 2.05. The Kier molecular flexibility index (Phi) is 6.83. The van der Waals surface area contributed by atoms with Gasteiger partial charge in [0.05, 0.1) is 10.8 Å². The first-order chi connectivity index (χ1) is 15.3. The van der Waals surface area contributed by atoms with E-state index in [1.807, 2.05) is 0 Å². The molecule has 0 spiro atoms. The summed E-state index contributed by atoms with van der Waals surface area (Å²) in [5.41, 5.74) is 1.08. The molecule has 0 aliphatic carbocycles. The third kappa shape index (κ3) is 4.98. The molecule has 0 saturated carbocycles. The van der Waals surface area contributed by atoms with Gasteiger partial charge in [-0.05, 0) is 74.2 Å². The predicted molar refractivity (Wildman–Crippen MR) is 123 cm³/mol. The van der Waals surface area contributed by atoms with Gasteiger partial charge in [0.2, 0.25) is 15.9 Å². The van der Waals surface area contributed by atoms with Gasteiger partial charge in [0.25, 0.3) is 5.91 Å². The average Bonchev–Trinajstić information content (AvgIpc) is 3.36. The van der Waals surface area contributed by atoms with Crippen molar-refractivity contribution in [1.29, 1.82) is 0 Å². The van der Waals surface area contributed by atoms with Crippen molar-refractivity contribution >= 4 is 39.1 Å². The van der Waals surface area contributed by atoms with Crippen LogP contribution in [0, 0.1) is 5.92 Å². The maximum Gasteiger partial charge on any atom is 0.253 e. The molecule has 170 valence electrons. The van der Waals surface area contributed by atoms with Crippen molar-refractivity contribution in [2.24, 2.45) is 5.92 Å². The van der Waals surface area contributed by atoms with Crippen LogP contribution in [0.5, 0.6) is 0 Å². The number of hydrogen-bond acceptors (Lipinski definition) is 4. The van der Waals surface area contributed by atoms with Crippen molar-refractivity contribution in [3.8, 4) is 0 Å². The highest BCUT2D eigenvalue weighted by Crippen LogP contribution is 2.24. The van der Waals surface area contributed by atoms with Crippen molar-refractivity contribution < 1.29 is 18.0 Å². The number of piperidine rings is 1. The van der Waals surface area contributed by atoms with Crippen LogP contribution in [-0.4, -0.2) is 55.6 Å². The number of likely N-dealkylation sites (tertiary alicyclic amines) is 1. The first kappa shape index (κ1) is 22.8. The summed E-state index contributed by atoms with van der Waals surface area (Å²) in [6, 6.07) is 13.0. The Labute approximate surface area is 193 Å². The largest absolute Gasteiger partial charge is 0.338 e. The summed E-state index contributed by atoms with van der Waals surface area (Å²) in [5, 5.41) is 3.43. The Balaban J connectivity index is 1.38. The summed E-state index contributed by atoms with van der Waals surface area (Å²) in [4.78, 5) is 27.5. The SMILES string of the molecule is O=C(Nc1ccc(S(=O)(=O)N2CCCC2)cc1)C1CCCN(C(=O)c2ccc(Cl)cc2)C1. The molecule has 9 heteroatoms. The molecule has 0 radical (unpaired) electrons. The number of sulfonamides is 1. The number of nitrogens with zero attached hydrogens (tertiary/aromatic N) is 2. The maximum atomic E-state index is 12.8. The second-order valence-corrected chi connectivity index (χ2v) is 10.6. The second kappa shape index (κ2) is 9.60. The number of anilines is 1. The van der Waals surface area contributed by atoms with Gasteiger partial charge in [0, 0.05) is 42.5 Å². The Hall–Kier alpha value is -2.42. The molecule has 1 N–H and O–H groups in total. The van der Waals surface area contributed by atoms with E-state index in [4.69, 9.17) is 11.6 Å². The molecule has 7 nitrogen and oxygen atoms in total. The highest BCUT2D eigenvalue weighted by molar-refractivity contribution is 7.89. The number of rotatable bonds is 5. The molecule has 2 aromatic carbocycles. The van der Waals surface area contributed by atoms with Crippen molar-refractivity contribution in [2.45, 2.75) is 30.6 Å². The van der Waals surface area contributed by atoms with Gasteiger partial charge in [0.15, 0.2) is 0 Å². The molecule has 2 heterocycles. The zero-order chi connectivity index (χ0) is 22.7. The van der Waals surface area contributed by atoms with Gasteiger partial charge in [-0.15, -0.1) is 0 Å². The third-order valence-corrected chi connectivity index (χ3v) is 8.16. The Bertz CT molecular complexity index is 1080. The van der Waals surface area contributed by atoms with Gasteiger partial charge in [-0.3, -0.25) is 9.59 Å². The Morgan fingerprint density at radius 2 is 1.56 bits per heavy atom. The van der Waals surface area contributed by atoms with E-state index in [2.05, 4.69) is 5.32 Å². The molecule has 2 aliphatic heterocycles. The molecule has 4 rings (SSSR count). The van der Waals surface area contributed by atoms with Gasteiger partial charge in [0.1, 0.15) is 0 Å². The first-order valence-corrected chi connectivity index (χ1v) is 12.6. The molecule has 2 aliphatic rings. The van der Waals surface area contributed by atoms with Gasteiger partial charge in [-0.1, -0.05) is 11.6 Å². The number of benzene rings is 2. The Morgan fingerprint density at radius 3 is 2.22 bits per heavy atom. The Morgan fingerprint density at radius 1 is 0.906 bits per heavy atom. The van der Waals surface area contributed by atoms with E-state index in [1.165, 1.54) is 16.4 Å². The second-order valence-electron chi connectivity index (χ2n) is 8.22. The van der Waals surface area contributed by atoms with E-state index < -0.39 is 10.0 Å². The highest BCUT2D eigenvalue weighted by Gasteiger charge is 2.30. The quantitative estimate of drug-likeness (QED) is 0.715. The lowest BCUT2D eigenvalue weighted by Crippen LogP contribution is -2.43. The van der Waals surface area contributed by atoms with E-state index in [0.29, 0.717) is 48.9 Å². The minimum absolute atomic E-state index is 0.115. The average molecular weight is 476 g/mol. The zero-order valence-electron chi connectivity index (χ0n) is 17.7. The van der Waals surface area contributed by atoms with Crippen LogP contribution in [0.25, 0.3) is 0 Å². The van der Waals surface area contributed by atoms with Crippen molar-refractivity contribution in [2.75, 3.05) is 31.5 Å². The third-order valence-electron chi connectivity index (χ3n) is 6.00. The molecule has 2 fully saturated rings. The lowest BCUT2D eigenvalue weighted by molar-refractivity contribution is -0.121. The lowest BCUT2D eigenvalue weighted by atomic mass is 9.96. The summed E-state index contributed by atoms with van der Waals surface area (Å²) in [5.74, 6) is -0.614. The number of carbonyl (C=O) groups is 2. The fraction of sp³-hybridized carbons (Fsp3) is 0.391. The minimum atomic E-state index is -3.48. The zero-order valence-corrected chi connectivity index (χ0v) is 19.2. The molecule has 1 unspecified atom stereocenters. The summed E-state index contributed by atoms with van der Waals surface area (Å²) < 4.78 is 26.8. The molecule has 1 atom stereocenters. The number of hydrogen-bond donors (Lipinski definition) is 1. The predicted octanol–water partition coefficient (Wildman–Crippen LogP) is 3.62. The van der Waals surface area contributed by atoms with Crippen LogP contribution in [0.3, 0.4) is 0 Å². The van der Waals surface area contributed by atoms with Crippen LogP contribution in [-0.2, 0) is 14.8 Å². The van der Waals surface area contributed by atoms with E-state index in [9.17, 15) is 18.0 Å². The van der Waals surface area contributed by atoms with Crippen molar-refractivity contribution in [3.05, 3.63) is 59.1 Å². The number of carbonyl (C=O) groups excluding carboxylic acids is 2. The smallest absolute Gasteiger partial charge is 0.253 e. The van der Waals surface area contributed by atoms with Crippen LogP contribution in [0.1, 0.15) is 36.0 Å². The van der Waals surface area contributed by atoms with Gasteiger partial charge in [-0.2, -0.15) is 4.31 Å². The molecule has 2 aromatic rings. The van der Waals surface area contributed by atoms with Gasteiger partial charge in [-0.25, -0.2) is 8.42 Å². The molecule has 2 saturated heterocycles. The van der Waals surface area contributed by atoms with Crippen molar-refractivity contribution in [3.63, 3.8) is 0 Å². The van der Waals surface area contributed by atoms with Crippen LogP contribution >= 0.6 is 11.6 Å². The summed E-state index contributed by atoms with van der Waals surface area (Å²) in [6.07, 6.45) is 3.20. The van der Waals surface area contributed by atoms with E-state index in [0.717, 1.165) is 19.3 Å². The maximum absolute atomic E-state index is 12.8. The lowest BCUT2D eigenvalue weighted by Gasteiger charge is -2.32. The number of halogens is 1. The monoisotopic (exact) mass is 475 g/mol. The molecular formula is C23H26ClN3O4S. The topological polar surface area (TPSA) is 86.8 Å². The van der Waals surface area contributed by atoms with Gasteiger partial charge >= 0.3 is 0 Å². The molecule has 32 heavy (non-hydrogen) atoms. The van der Waals surface area contributed by atoms with Crippen LogP contribution in [0.4, 0.5) is 5.69 Å². The van der Waals surface area contributed by atoms with Crippen molar-refractivity contribution in [1.82, 2.24) is 9.21 Å². The fourth-order valence-corrected chi connectivity index (χ4v) is 5.83. The summed E-state index contributed by atoms with van der Waals surface area (Å²) >= 11 is 5.90. The van der Waals surface area contributed by atoms with E-state index in [-0.39, 0.29) is 22.6 Å². The first-order valence-electron chi connectivity index (χ1n) is 10.8. The van der Waals surface area contributed by atoms with E-state index >= 15 is 0 Å². The van der Waals surface area contributed by atoms with Crippen LogP contribution in [0.15, 0.2) is 53.4 Å². The van der Waals surface area contributed by atoms with Crippen LogP contribution in [0.2, 0.25) is 5.02 Å². The molecular weight excluding hydrogens is 450 g/mol. The fourth-order valence-electron chi connectivity index (χ4n) is 4.18. The van der Waals surface area contributed by atoms with Crippen LogP contribution < -0.4 is 5.32 Å². The molecule has 0 bridgehead atoms. The normalized spacial score (nSPS) is 19.7. The number of nitrogens with one attached hydrogen (secondary N) is 1.